The topological polar surface area (TPSA) is 53.7 Å². The summed E-state index contributed by atoms with van der Waals surface area (Å²) < 4.78 is 47.0. The summed E-state index contributed by atoms with van der Waals surface area (Å²) in [5, 5.41) is 9.64. The van der Waals surface area contributed by atoms with Crippen molar-refractivity contribution in [1.82, 2.24) is 4.90 Å². The van der Waals surface area contributed by atoms with Gasteiger partial charge in [0.1, 0.15) is 11.3 Å². The molecule has 0 amide bonds. The molecule has 0 aliphatic heterocycles. The number of alkyl halides is 3. The normalized spacial score (nSPS) is 11.7. The molecule has 4 nitrogen and oxygen atoms in total. The number of aliphatic carboxylic acids is 1. The average Bonchev–Trinajstić information content (AvgIpc) is 3.37. The molecule has 4 aromatic carbocycles. The van der Waals surface area contributed by atoms with E-state index in [4.69, 9.17) is 21.1 Å². The van der Waals surface area contributed by atoms with Gasteiger partial charge in [0.05, 0.1) is 17.0 Å². The Morgan fingerprint density at radius 2 is 1.53 bits per heavy atom. The van der Waals surface area contributed by atoms with Gasteiger partial charge in [-0.25, -0.2) is 0 Å². The monoisotopic (exact) mass is 627 g/mol. The second-order valence-corrected chi connectivity index (χ2v) is 10.7. The zero-order valence-corrected chi connectivity index (χ0v) is 24.6. The van der Waals surface area contributed by atoms with Gasteiger partial charge in [0, 0.05) is 37.4 Å². The second kappa shape index (κ2) is 14.1. The van der Waals surface area contributed by atoms with Crippen molar-refractivity contribution in [2.75, 3.05) is 13.1 Å². The van der Waals surface area contributed by atoms with Crippen LogP contribution in [0.3, 0.4) is 0 Å². The van der Waals surface area contributed by atoms with Crippen molar-refractivity contribution in [3.63, 3.8) is 0 Å². The number of halogens is 5. The molecule has 0 atom stereocenters. The molecule has 5 rings (SSSR count). The van der Waals surface area contributed by atoms with Gasteiger partial charge in [-0.15, -0.1) is 12.4 Å². The fourth-order valence-corrected chi connectivity index (χ4v) is 5.55. The zero-order chi connectivity index (χ0) is 29.7. The lowest BCUT2D eigenvalue weighted by Crippen LogP contribution is -2.31. The van der Waals surface area contributed by atoms with Crippen LogP contribution in [0.15, 0.2) is 108 Å². The maximum atomic E-state index is 13.6. The Bertz CT molecular complexity index is 1620. The zero-order valence-electron chi connectivity index (χ0n) is 23.1. The SMILES string of the molecule is Cl.O=C(O)Cc1ccc2oc(CCN(Cc3cccc(C(F)(F)F)c3Cl)CC(c3ccccc3)c3ccccc3)cc2c1. The molecule has 0 saturated carbocycles. The van der Waals surface area contributed by atoms with Crippen molar-refractivity contribution in [1.29, 1.82) is 0 Å². The number of hydrogen-bond donors (Lipinski definition) is 1. The highest BCUT2D eigenvalue weighted by molar-refractivity contribution is 6.32. The smallest absolute Gasteiger partial charge is 0.417 e. The van der Waals surface area contributed by atoms with Gasteiger partial charge in [0.25, 0.3) is 0 Å². The molecule has 0 aliphatic rings. The number of hydrogen-bond acceptors (Lipinski definition) is 3. The third-order valence-electron chi connectivity index (χ3n) is 7.28. The molecular weight excluding hydrogens is 598 g/mol. The summed E-state index contributed by atoms with van der Waals surface area (Å²) in [6.45, 7) is 1.23. The summed E-state index contributed by atoms with van der Waals surface area (Å²) in [5.41, 5.74) is 3.07. The van der Waals surface area contributed by atoms with Gasteiger partial charge in [-0.1, -0.05) is 90.5 Å². The van der Waals surface area contributed by atoms with E-state index < -0.39 is 17.7 Å². The van der Waals surface area contributed by atoms with Crippen molar-refractivity contribution in [3.8, 4) is 0 Å². The molecule has 1 aromatic heterocycles. The molecule has 9 heteroatoms. The van der Waals surface area contributed by atoms with Crippen LogP contribution in [0.2, 0.25) is 5.02 Å². The molecule has 1 heterocycles. The third kappa shape index (κ3) is 8.20. The van der Waals surface area contributed by atoms with E-state index in [1.54, 1.807) is 24.3 Å². The van der Waals surface area contributed by atoms with Crippen molar-refractivity contribution < 1.29 is 27.5 Å². The Balaban J connectivity index is 0.00000423. The number of fused-ring (bicyclic) bond motifs is 1. The van der Waals surface area contributed by atoms with Crippen LogP contribution in [0.1, 0.15) is 39.5 Å². The number of nitrogens with zero attached hydrogens (tertiary/aromatic N) is 1. The lowest BCUT2D eigenvalue weighted by atomic mass is 9.90. The first-order chi connectivity index (χ1) is 20.2. The van der Waals surface area contributed by atoms with Crippen LogP contribution >= 0.6 is 24.0 Å². The second-order valence-electron chi connectivity index (χ2n) is 10.3. The van der Waals surface area contributed by atoms with Gasteiger partial charge in [-0.2, -0.15) is 13.2 Å². The highest BCUT2D eigenvalue weighted by Gasteiger charge is 2.34. The fourth-order valence-electron chi connectivity index (χ4n) is 5.25. The minimum absolute atomic E-state index is 0. The largest absolute Gasteiger partial charge is 0.481 e. The van der Waals surface area contributed by atoms with E-state index in [0.29, 0.717) is 42.0 Å². The number of carboxylic acid groups (broad SMARTS) is 1. The first-order valence-corrected chi connectivity index (χ1v) is 13.9. The molecule has 5 aromatic rings. The van der Waals surface area contributed by atoms with Gasteiger partial charge < -0.3 is 9.52 Å². The molecular formula is C34H30Cl2F3NO3. The summed E-state index contributed by atoms with van der Waals surface area (Å²) in [5.74, 6) is -0.242. The summed E-state index contributed by atoms with van der Waals surface area (Å²) in [6, 6.07) is 31.3. The van der Waals surface area contributed by atoms with E-state index in [1.165, 1.54) is 6.07 Å². The summed E-state index contributed by atoms with van der Waals surface area (Å²) >= 11 is 6.32. The number of furan rings is 1. The van der Waals surface area contributed by atoms with Gasteiger partial charge in [-0.05, 0) is 46.5 Å². The Hall–Kier alpha value is -3.78. The number of benzene rings is 4. The molecule has 0 bridgehead atoms. The number of carboxylic acids is 1. The first-order valence-electron chi connectivity index (χ1n) is 13.6. The Morgan fingerprint density at radius 1 is 0.884 bits per heavy atom. The van der Waals surface area contributed by atoms with E-state index in [-0.39, 0.29) is 36.3 Å². The third-order valence-corrected chi connectivity index (χ3v) is 7.73. The molecule has 0 fully saturated rings. The summed E-state index contributed by atoms with van der Waals surface area (Å²) in [4.78, 5) is 13.2. The highest BCUT2D eigenvalue weighted by Crippen LogP contribution is 2.37. The molecule has 43 heavy (non-hydrogen) atoms. The van der Waals surface area contributed by atoms with Gasteiger partial charge in [-0.3, -0.25) is 9.69 Å². The molecule has 0 radical (unpaired) electrons. The van der Waals surface area contributed by atoms with Gasteiger partial charge in [0.2, 0.25) is 0 Å². The van der Waals surface area contributed by atoms with Crippen molar-refractivity contribution >= 4 is 40.9 Å². The van der Waals surface area contributed by atoms with E-state index in [1.807, 2.05) is 42.5 Å². The Morgan fingerprint density at radius 3 is 2.14 bits per heavy atom. The average molecular weight is 629 g/mol. The molecule has 0 spiro atoms. The van der Waals surface area contributed by atoms with Crippen LogP contribution in [0.5, 0.6) is 0 Å². The number of carbonyl (C=O) groups is 1. The van der Waals surface area contributed by atoms with Crippen LogP contribution in [-0.2, 0) is 30.4 Å². The maximum absolute atomic E-state index is 13.6. The molecule has 224 valence electrons. The summed E-state index contributed by atoms with van der Waals surface area (Å²) in [6.07, 6.45) is -4.14. The highest BCUT2D eigenvalue weighted by atomic mass is 35.5. The quantitative estimate of drug-likeness (QED) is 0.159. The van der Waals surface area contributed by atoms with Gasteiger partial charge >= 0.3 is 12.1 Å². The first kappa shape index (κ1) is 32.1. The van der Waals surface area contributed by atoms with E-state index in [2.05, 4.69) is 29.2 Å². The van der Waals surface area contributed by atoms with Crippen LogP contribution in [0.25, 0.3) is 11.0 Å². The van der Waals surface area contributed by atoms with E-state index >= 15 is 0 Å². The molecule has 0 saturated heterocycles. The fraction of sp³-hybridized carbons (Fsp3) is 0.206. The van der Waals surface area contributed by atoms with Crippen LogP contribution in [-0.4, -0.2) is 29.1 Å². The molecule has 0 aliphatic carbocycles. The standard InChI is InChI=1S/C34H29ClF3NO3.ClH/c35-33-26(12-7-13-30(33)34(36,37)38)21-39(22-29(24-8-3-1-4-9-24)25-10-5-2-6-11-25)17-16-28-20-27-18-23(19-32(40)41)14-15-31(27)42-28;/h1-15,18,20,29H,16-17,19,21-22H2,(H,40,41);1H. The maximum Gasteiger partial charge on any atom is 0.417 e. The van der Waals surface area contributed by atoms with E-state index in [0.717, 1.165) is 22.6 Å². The predicted molar refractivity (Wildman–Crippen MR) is 165 cm³/mol. The summed E-state index contributed by atoms with van der Waals surface area (Å²) in [7, 11) is 0. The number of rotatable bonds is 11. The van der Waals surface area contributed by atoms with Crippen LogP contribution in [0.4, 0.5) is 13.2 Å². The van der Waals surface area contributed by atoms with E-state index in [9.17, 15) is 18.0 Å². The minimum atomic E-state index is -4.55. The van der Waals surface area contributed by atoms with Crippen molar-refractivity contribution in [2.45, 2.75) is 31.5 Å². The minimum Gasteiger partial charge on any atom is -0.481 e. The Labute approximate surface area is 259 Å². The molecule has 1 N–H and O–H groups in total. The van der Waals surface area contributed by atoms with Crippen LogP contribution in [0, 0.1) is 0 Å². The lowest BCUT2D eigenvalue weighted by Gasteiger charge is -2.29. The Kier molecular flexibility index (Phi) is 10.6. The van der Waals surface area contributed by atoms with Crippen molar-refractivity contribution in [3.05, 3.63) is 142 Å². The predicted octanol–water partition coefficient (Wildman–Crippen LogP) is 9.03. The van der Waals surface area contributed by atoms with Gasteiger partial charge in [0.15, 0.2) is 0 Å². The van der Waals surface area contributed by atoms with Crippen LogP contribution < -0.4 is 0 Å². The van der Waals surface area contributed by atoms with Crippen molar-refractivity contribution in [2.24, 2.45) is 0 Å². The molecule has 0 unspecified atom stereocenters. The lowest BCUT2D eigenvalue weighted by molar-refractivity contribution is -0.138.